The summed E-state index contributed by atoms with van der Waals surface area (Å²) in [5.74, 6) is -4.45. The van der Waals surface area contributed by atoms with Crippen LogP contribution in [0, 0.1) is 26.7 Å². The van der Waals surface area contributed by atoms with Gasteiger partial charge in [0.2, 0.25) is 17.6 Å². The van der Waals surface area contributed by atoms with Gasteiger partial charge in [0.15, 0.2) is 0 Å². The number of nitrogens with zero attached hydrogens (tertiary/aromatic N) is 11. The molecule has 0 bridgehead atoms. The second kappa shape index (κ2) is 29.4. The molecular weight excluding hydrogens is 1150 g/mol. The summed E-state index contributed by atoms with van der Waals surface area (Å²) in [6.07, 6.45) is -9.95. The first-order valence-electron chi connectivity index (χ1n) is 24.0. The molecule has 0 saturated heterocycles. The number of quaternary nitrogens is 2. The first kappa shape index (κ1) is 69.4. The molecule has 0 saturated carbocycles. The van der Waals surface area contributed by atoms with Crippen LogP contribution in [0.3, 0.4) is 0 Å². The van der Waals surface area contributed by atoms with Crippen molar-refractivity contribution in [3.05, 3.63) is 151 Å². The number of halogens is 10. The van der Waals surface area contributed by atoms with Crippen LogP contribution in [0.5, 0.6) is 0 Å². The van der Waals surface area contributed by atoms with Gasteiger partial charge < -0.3 is 36.7 Å². The Morgan fingerprint density at radius 1 is 0.388 bits per heavy atom. The van der Waals surface area contributed by atoms with Crippen molar-refractivity contribution < 1.29 is 79.1 Å². The molecule has 0 aliphatic heterocycles. The minimum Gasteiger partial charge on any atom is -0.475 e. The smallest absolute Gasteiger partial charge is 0.475 e. The van der Waals surface area contributed by atoms with Crippen molar-refractivity contribution in [1.82, 2.24) is 53.8 Å². The van der Waals surface area contributed by atoms with E-state index < -0.39 is 42.4 Å². The zero-order valence-corrected chi connectivity index (χ0v) is 46.4. The van der Waals surface area contributed by atoms with Crippen LogP contribution in [0.1, 0.15) is 17.1 Å². The molecule has 0 aromatic carbocycles. The SMILES string of the molecule is Cc1cc(Nc2ccc3nc([18F])ccc3n2)ccn1.Cc1cc(Nc2ccc3nc([N+](C)(C)C)ccc3n2)ccn1.Cc1cc(Nc2ccc3nc([N+](C)(C)C)ccc3n2)ccn1.O.O=C(O)C(F)(F)F.O=C(O)C(F)(F)F.O=C(O)C(F)(F)F. The van der Waals surface area contributed by atoms with E-state index in [-0.39, 0.29) is 5.48 Å². The Morgan fingerprint density at radius 2 is 0.624 bits per heavy atom. The number of nitrogens with one attached hydrogen (secondary N) is 3. The summed E-state index contributed by atoms with van der Waals surface area (Å²) in [4.78, 5) is 66.0. The molecule has 452 valence electrons. The van der Waals surface area contributed by atoms with E-state index in [0.717, 1.165) is 79.5 Å². The molecule has 0 spiro atoms. The van der Waals surface area contributed by atoms with Gasteiger partial charge >= 0.3 is 36.4 Å². The van der Waals surface area contributed by atoms with E-state index in [2.05, 4.69) is 103 Å². The fourth-order valence-electron chi connectivity index (χ4n) is 6.25. The van der Waals surface area contributed by atoms with Gasteiger partial charge in [-0.2, -0.15) is 53.9 Å². The maximum absolute atomic E-state index is 13.0. The molecule has 0 radical (unpaired) electrons. The van der Waals surface area contributed by atoms with Crippen molar-refractivity contribution in [2.75, 3.05) is 58.2 Å². The van der Waals surface area contributed by atoms with Crippen molar-refractivity contribution in [2.24, 2.45) is 0 Å². The predicted molar refractivity (Wildman–Crippen MR) is 299 cm³/mol. The lowest BCUT2D eigenvalue weighted by atomic mass is 10.3. The van der Waals surface area contributed by atoms with Gasteiger partial charge in [-0.15, -0.1) is 0 Å². The van der Waals surface area contributed by atoms with E-state index in [9.17, 15) is 43.9 Å². The number of hydrogen-bond donors (Lipinski definition) is 6. The van der Waals surface area contributed by atoms with Crippen LogP contribution in [0.2, 0.25) is 0 Å². The fourth-order valence-corrected chi connectivity index (χ4v) is 6.25. The number of fused-ring (bicyclic) bond motifs is 3. The van der Waals surface area contributed by atoms with Gasteiger partial charge in [0.05, 0.1) is 75.4 Å². The minimum atomic E-state index is -5.08. The summed E-state index contributed by atoms with van der Waals surface area (Å²) >= 11 is 0. The summed E-state index contributed by atoms with van der Waals surface area (Å²) < 4.78 is 110. The van der Waals surface area contributed by atoms with E-state index in [1.807, 2.05) is 106 Å². The molecule has 31 heteroatoms. The summed E-state index contributed by atoms with van der Waals surface area (Å²) in [5, 5.41) is 31.2. The molecule has 0 aliphatic carbocycles. The summed E-state index contributed by atoms with van der Waals surface area (Å²) in [5.41, 5.74) is 10.5. The Bertz CT molecular complexity index is 3530. The second-order valence-electron chi connectivity index (χ2n) is 19.0. The van der Waals surface area contributed by atoms with Crippen LogP contribution < -0.4 is 24.9 Å². The van der Waals surface area contributed by atoms with E-state index >= 15 is 0 Å². The Morgan fingerprint density at radius 3 is 0.871 bits per heavy atom. The van der Waals surface area contributed by atoms with Crippen molar-refractivity contribution in [3.63, 3.8) is 0 Å². The van der Waals surface area contributed by atoms with E-state index in [1.54, 1.807) is 36.8 Å². The number of aliphatic carboxylic acids is 3. The minimum absolute atomic E-state index is 0. The molecule has 9 aromatic rings. The predicted octanol–water partition coefficient (Wildman–Crippen LogP) is 10.8. The average Bonchev–Trinajstić information content (AvgIpc) is 3.32. The number of carboxylic acid groups (broad SMARTS) is 3. The number of carbonyl (C=O) groups is 3. The molecule has 8 N–H and O–H groups in total. The quantitative estimate of drug-likeness (QED) is 0.0468. The van der Waals surface area contributed by atoms with Crippen LogP contribution in [-0.4, -0.2) is 144 Å². The van der Waals surface area contributed by atoms with Crippen molar-refractivity contribution in [3.8, 4) is 0 Å². The van der Waals surface area contributed by atoms with Crippen molar-refractivity contribution in [2.45, 2.75) is 39.3 Å². The van der Waals surface area contributed by atoms with Crippen LogP contribution >= 0.6 is 0 Å². The average molecular weight is 1200 g/mol. The molecule has 9 aromatic heterocycles. The molecule has 0 aliphatic rings. The largest absolute Gasteiger partial charge is 0.490 e. The Balaban J connectivity index is 0.000000285. The number of rotatable bonds is 8. The number of anilines is 6. The lowest BCUT2D eigenvalue weighted by molar-refractivity contribution is -0.193. The van der Waals surface area contributed by atoms with Crippen molar-refractivity contribution in [1.29, 1.82) is 0 Å². The maximum atomic E-state index is 13.0. The summed E-state index contributed by atoms with van der Waals surface area (Å²) in [7, 11) is 12.6. The van der Waals surface area contributed by atoms with Gasteiger partial charge in [-0.3, -0.25) is 23.9 Å². The van der Waals surface area contributed by atoms with Gasteiger partial charge in [0, 0.05) is 64.9 Å². The number of aromatic nitrogens is 9. The number of pyridine rings is 9. The first-order valence-corrected chi connectivity index (χ1v) is 24.0. The highest BCUT2D eigenvalue weighted by Gasteiger charge is 2.39. The number of alkyl halides is 9. The molecule has 0 amide bonds. The third-order valence-corrected chi connectivity index (χ3v) is 10.2. The fraction of sp³-hybridized carbons (Fsp3) is 0.222. The van der Waals surface area contributed by atoms with Crippen LogP contribution in [-0.2, 0) is 14.4 Å². The summed E-state index contributed by atoms with van der Waals surface area (Å²) in [6, 6.07) is 34.0. The Kier molecular flexibility index (Phi) is 24.0. The lowest BCUT2D eigenvalue weighted by Crippen LogP contribution is -2.35. The van der Waals surface area contributed by atoms with Gasteiger partial charge in [0.1, 0.15) is 17.5 Å². The molecule has 9 heterocycles. The molecule has 0 atom stereocenters. The van der Waals surface area contributed by atoms with E-state index in [1.165, 1.54) is 6.07 Å². The second-order valence-corrected chi connectivity index (χ2v) is 19.0. The molecular formula is C54H56F10N14O7+2. The molecule has 0 fully saturated rings. The highest BCUT2D eigenvalue weighted by Crippen LogP contribution is 2.25. The van der Waals surface area contributed by atoms with Gasteiger partial charge in [-0.25, -0.2) is 34.3 Å². The van der Waals surface area contributed by atoms with E-state index in [4.69, 9.17) is 29.7 Å². The van der Waals surface area contributed by atoms with Crippen molar-refractivity contribution >= 4 is 97.2 Å². The monoisotopic (exact) mass is 1200 g/mol. The Labute approximate surface area is 477 Å². The first-order chi connectivity index (χ1) is 38.9. The third-order valence-electron chi connectivity index (χ3n) is 10.2. The zero-order chi connectivity index (χ0) is 63.0. The van der Waals surface area contributed by atoms with Crippen LogP contribution in [0.15, 0.2) is 128 Å². The van der Waals surface area contributed by atoms with Crippen LogP contribution in [0.4, 0.5) is 90.1 Å². The highest BCUT2D eigenvalue weighted by molar-refractivity contribution is 5.80. The molecule has 85 heavy (non-hydrogen) atoms. The third kappa shape index (κ3) is 23.5. The lowest BCUT2D eigenvalue weighted by Gasteiger charge is -2.21. The van der Waals surface area contributed by atoms with Gasteiger partial charge in [0.25, 0.3) is 0 Å². The highest BCUT2D eigenvalue weighted by atomic mass is 19.4. The summed E-state index contributed by atoms with van der Waals surface area (Å²) in [6.45, 7) is 5.86. The normalized spacial score (nSPS) is 11.2. The zero-order valence-electron chi connectivity index (χ0n) is 46.4. The van der Waals surface area contributed by atoms with Gasteiger partial charge in [-0.05, 0) is 118 Å². The van der Waals surface area contributed by atoms with Gasteiger partial charge in [-0.1, -0.05) is 0 Å². The molecule has 0 unspecified atom stereocenters. The molecule has 9 rings (SSSR count). The topological polar surface area (TPSA) is 296 Å². The Hall–Kier alpha value is -9.88. The maximum Gasteiger partial charge on any atom is 0.490 e. The number of hydrogen-bond acceptors (Lipinski definition) is 15. The number of carboxylic acids is 3. The van der Waals surface area contributed by atoms with Crippen LogP contribution in [0.25, 0.3) is 33.1 Å². The molecule has 21 nitrogen and oxygen atoms in total. The van der Waals surface area contributed by atoms with E-state index in [0.29, 0.717) is 25.8 Å². The standard InChI is InChI=1S/2C17H20N5.C14H11FN4.3C2HF3O2.H2O/c2*1-12-11-13(9-10-18-12)19-16-7-5-15-14(20-16)6-8-17(21-15)22(2,3)4;1-9-8-10(6-7-16-9)17-14-5-3-11-12(19-14)2-4-13(15)18-11;3*3-2(4,5)1(6)7;/h2*5-11H,1-4H3,(H,18,19,20);2-8H,1H3,(H,16,17,19);3*(H,6,7);1H2/q2*+1;;;;;/i;;15-1;;;;. The number of aryl methyl sites for hydroxylation is 3.